The van der Waals surface area contributed by atoms with Crippen molar-refractivity contribution < 1.29 is 13.0 Å². The molecule has 5 heteroatoms. The molecule has 0 bridgehead atoms. The van der Waals surface area contributed by atoms with Crippen molar-refractivity contribution in [2.45, 2.75) is 0 Å². The second-order valence-corrected chi connectivity index (χ2v) is 14.2. The quantitative estimate of drug-likeness (QED) is 0.419. The third-order valence-electron chi connectivity index (χ3n) is 0. The van der Waals surface area contributed by atoms with Crippen LogP contribution in [-0.2, 0) is 13.0 Å². The molecule has 0 N–H and O–H groups in total. The Morgan fingerprint density at radius 2 is 1.00 bits per heavy atom. The fourth-order valence-corrected chi connectivity index (χ4v) is 0. The fourth-order valence-electron chi connectivity index (χ4n) is 0. The molecule has 0 rings (SSSR count). The summed E-state index contributed by atoms with van der Waals surface area (Å²) in [5.74, 6) is 0. The van der Waals surface area contributed by atoms with Gasteiger partial charge in [-0.1, -0.05) is 0 Å². The summed E-state index contributed by atoms with van der Waals surface area (Å²) < 4.78 is 0. The van der Waals surface area contributed by atoms with Gasteiger partial charge in [0, 0.05) is 0 Å². The van der Waals surface area contributed by atoms with Gasteiger partial charge in [-0.25, -0.2) is 0 Å². The molecule has 0 aromatic carbocycles. The number of halogens is 3. The molecule has 0 aromatic rings. The van der Waals surface area contributed by atoms with Crippen LogP contribution in [-0.4, -0.2) is 0 Å². The zero-order valence-electron chi connectivity index (χ0n) is 2.84. The molecule has 0 amide bonds. The molecule has 1 unspecified atom stereocenters. The van der Waals surface area contributed by atoms with Crippen molar-refractivity contribution in [3.8, 4) is 0 Å². The van der Waals surface area contributed by atoms with Gasteiger partial charge in [-0.05, 0) is 9.90 Å². The molecule has 0 aromatic heterocycles. The van der Waals surface area contributed by atoms with Crippen LogP contribution in [0, 0.1) is 0 Å². The van der Waals surface area contributed by atoms with E-state index in [1.54, 1.807) is 0 Å². The van der Waals surface area contributed by atoms with Crippen molar-refractivity contribution >= 4 is 39.0 Å². The smallest absolute Gasteiger partial charge is 0.0395 e. The Morgan fingerprint density at radius 3 is 1.00 bits per heavy atom. The molecule has 5 heavy (non-hydrogen) atoms. The molecule has 0 fully saturated rings. The summed E-state index contributed by atoms with van der Waals surface area (Å²) in [4.78, 5) is 0. The molecular weight excluding hydrogens is 203 g/mol. The zero-order chi connectivity index (χ0) is 3.58. The van der Waals surface area contributed by atoms with Crippen LogP contribution < -0.4 is 0 Å². The Hall–Kier alpha value is 1.92. The zero-order valence-corrected chi connectivity index (χ0v) is 10.1. The van der Waals surface area contributed by atoms with Gasteiger partial charge in [0.2, 0.25) is 0 Å². The molecule has 0 aliphatic rings. The molecule has 0 nitrogen and oxygen atoms in total. The molecule has 0 aliphatic carbocycles. The molecule has 0 radical (unpaired) electrons. The van der Waals surface area contributed by atoms with E-state index in [4.69, 9.17) is 29.1 Å². The van der Waals surface area contributed by atoms with Gasteiger partial charge in [0.15, 0.2) is 0 Å². The minimum absolute atomic E-state index is 0. The largest absolute Gasteiger partial charge is 0.0395 e. The second kappa shape index (κ2) is 5.92. The monoisotopic (exact) mass is 204 g/mol. The van der Waals surface area contributed by atoms with Crippen molar-refractivity contribution in [3.63, 3.8) is 0 Å². The van der Waals surface area contributed by atoms with Crippen molar-refractivity contribution in [3.05, 3.63) is 0 Å². The van der Waals surface area contributed by atoms with Gasteiger partial charge in [-0.2, -0.15) is 0 Å². The van der Waals surface area contributed by atoms with Crippen LogP contribution in [0.1, 0.15) is 0 Å². The SMILES string of the molecule is [Cl][Zn-]([Cl])[Cl].[PH4+]. The van der Waals surface area contributed by atoms with Gasteiger partial charge in [0.25, 0.3) is 0 Å². The average molecular weight is 207 g/mol. The van der Waals surface area contributed by atoms with Crippen LogP contribution in [0.5, 0.6) is 0 Å². The number of rotatable bonds is 0. The summed E-state index contributed by atoms with van der Waals surface area (Å²) in [5.41, 5.74) is 0. The third kappa shape index (κ3) is 24.6. The number of hydrogen-bond donors (Lipinski definition) is 0. The van der Waals surface area contributed by atoms with Gasteiger partial charge < -0.3 is 0 Å². The van der Waals surface area contributed by atoms with E-state index in [-0.39, 0.29) is 9.90 Å². The van der Waals surface area contributed by atoms with Crippen molar-refractivity contribution in [2.75, 3.05) is 0 Å². The summed E-state index contributed by atoms with van der Waals surface area (Å²) in [6, 6.07) is 0. The molecular formula is H4Cl3PZn. The van der Waals surface area contributed by atoms with Crippen LogP contribution in [0.15, 0.2) is 0 Å². The maximum atomic E-state index is 5.01. The minimum Gasteiger partial charge on any atom is -0.0395 e. The van der Waals surface area contributed by atoms with E-state index in [0.29, 0.717) is 0 Å². The van der Waals surface area contributed by atoms with E-state index in [2.05, 4.69) is 0 Å². The maximum Gasteiger partial charge on any atom is -0.0395 e. The molecule has 1 atom stereocenters. The van der Waals surface area contributed by atoms with Crippen LogP contribution in [0.3, 0.4) is 0 Å². The van der Waals surface area contributed by atoms with E-state index < -0.39 is 13.0 Å². The summed E-state index contributed by atoms with van der Waals surface area (Å²) in [7, 11) is 15.0. The first-order valence-electron chi connectivity index (χ1n) is 0.802. The van der Waals surface area contributed by atoms with Crippen LogP contribution >= 0.6 is 39.0 Å². The van der Waals surface area contributed by atoms with E-state index in [0.717, 1.165) is 0 Å². The van der Waals surface area contributed by atoms with Crippen molar-refractivity contribution in [2.24, 2.45) is 0 Å². The standard InChI is InChI=1S/3ClH.H3P.Zn/h3*1H;1H3;/q;;;;+2/p-2. The maximum absolute atomic E-state index is 5.01. The van der Waals surface area contributed by atoms with Crippen LogP contribution in [0.4, 0.5) is 0 Å². The van der Waals surface area contributed by atoms with Gasteiger partial charge in [0.05, 0.1) is 0 Å². The topological polar surface area (TPSA) is 0 Å². The van der Waals surface area contributed by atoms with Gasteiger partial charge in [0.1, 0.15) is 0 Å². The predicted molar refractivity (Wildman–Crippen MR) is 30.1 cm³/mol. The first-order valence-corrected chi connectivity index (χ1v) is 12.5. The van der Waals surface area contributed by atoms with Crippen LogP contribution in [0.2, 0.25) is 0 Å². The van der Waals surface area contributed by atoms with Gasteiger partial charge in [-0.3, -0.25) is 0 Å². The number of hydrogen-bond acceptors (Lipinski definition) is 0. The molecule has 0 heterocycles. The fraction of sp³-hybridized carbons (Fsp3) is 0. The Bertz CT molecular complexity index is 11.6. The summed E-state index contributed by atoms with van der Waals surface area (Å²) in [6.45, 7) is 0. The van der Waals surface area contributed by atoms with Gasteiger partial charge >= 0.3 is 42.1 Å². The van der Waals surface area contributed by atoms with E-state index in [1.807, 2.05) is 0 Å². The average Bonchev–Trinajstić information content (AvgIpc) is 0.811. The summed E-state index contributed by atoms with van der Waals surface area (Å²) in [5, 5.41) is 0. The predicted octanol–water partition coefficient (Wildman–Crippen LogP) is 1.86. The summed E-state index contributed by atoms with van der Waals surface area (Å²) >= 11 is -2.21. The molecule has 32 valence electrons. The van der Waals surface area contributed by atoms with Gasteiger partial charge in [-0.15, -0.1) is 0 Å². The van der Waals surface area contributed by atoms with E-state index in [1.165, 1.54) is 0 Å². The second-order valence-electron chi connectivity index (χ2n) is 0.303. The van der Waals surface area contributed by atoms with Crippen LogP contribution in [0.25, 0.3) is 0 Å². The molecule has 0 saturated carbocycles. The third-order valence-corrected chi connectivity index (χ3v) is 0. The Kier molecular flexibility index (Phi) is 11.9. The van der Waals surface area contributed by atoms with Crippen molar-refractivity contribution in [1.29, 1.82) is 0 Å². The normalized spacial score (nSPS) is 5.40. The summed E-state index contributed by atoms with van der Waals surface area (Å²) in [6.07, 6.45) is 0. The molecule has 0 aliphatic heterocycles. The van der Waals surface area contributed by atoms with Crippen molar-refractivity contribution in [1.82, 2.24) is 0 Å². The first kappa shape index (κ1) is 10.0. The van der Waals surface area contributed by atoms with E-state index in [9.17, 15) is 0 Å². The van der Waals surface area contributed by atoms with E-state index >= 15 is 0 Å². The first-order chi connectivity index (χ1) is 1.73. The Labute approximate surface area is 51.8 Å². The molecule has 0 spiro atoms. The Balaban J connectivity index is 0. The Morgan fingerprint density at radius 1 is 1.00 bits per heavy atom. The molecule has 0 saturated heterocycles. The minimum atomic E-state index is -2.21.